The third-order valence-corrected chi connectivity index (χ3v) is 10.3. The summed E-state index contributed by atoms with van der Waals surface area (Å²) >= 11 is 0. The SMILES string of the molecule is CC1=CCC[C@H](C)[C@@H]1c1c(C)nn(-c2cccc(Oc3ccc4c5ccccc5n(-c5cc(C(C)C(C)C)ccn5)c4c3)c2)c1C. The van der Waals surface area contributed by atoms with Crippen molar-refractivity contribution in [2.45, 2.75) is 73.1 Å². The van der Waals surface area contributed by atoms with Crippen LogP contribution in [0.15, 0.2) is 96.7 Å². The van der Waals surface area contributed by atoms with E-state index in [1.165, 1.54) is 46.0 Å². The number of allylic oxidation sites excluding steroid dienone is 2. The molecular weight excluding hydrogens is 564 g/mol. The van der Waals surface area contributed by atoms with Crippen molar-refractivity contribution in [3.8, 4) is 23.0 Å². The normalized spacial score (nSPS) is 17.5. The number of aromatic nitrogens is 4. The summed E-state index contributed by atoms with van der Waals surface area (Å²) in [7, 11) is 0. The smallest absolute Gasteiger partial charge is 0.137 e. The average Bonchev–Trinajstić information content (AvgIpc) is 3.53. The number of hydrogen-bond donors (Lipinski definition) is 0. The molecule has 0 N–H and O–H groups in total. The van der Waals surface area contributed by atoms with Crippen LogP contribution in [0.2, 0.25) is 0 Å². The van der Waals surface area contributed by atoms with Gasteiger partial charge in [0.1, 0.15) is 17.3 Å². The number of benzene rings is 3. The Labute approximate surface area is 272 Å². The van der Waals surface area contributed by atoms with Gasteiger partial charge in [-0.05, 0) is 99.4 Å². The van der Waals surface area contributed by atoms with E-state index in [0.29, 0.717) is 23.7 Å². The molecule has 1 aliphatic rings. The molecule has 1 unspecified atom stereocenters. The Morgan fingerprint density at radius 2 is 1.61 bits per heavy atom. The zero-order chi connectivity index (χ0) is 32.1. The van der Waals surface area contributed by atoms with Crippen LogP contribution in [0.3, 0.4) is 0 Å². The van der Waals surface area contributed by atoms with Gasteiger partial charge < -0.3 is 4.74 Å². The number of fused-ring (bicyclic) bond motifs is 3. The molecule has 46 heavy (non-hydrogen) atoms. The number of rotatable bonds is 7. The van der Waals surface area contributed by atoms with E-state index >= 15 is 0 Å². The van der Waals surface area contributed by atoms with Crippen LogP contribution >= 0.6 is 0 Å². The second kappa shape index (κ2) is 11.9. The van der Waals surface area contributed by atoms with Gasteiger partial charge in [0.25, 0.3) is 0 Å². The molecule has 0 fully saturated rings. The Balaban J connectivity index is 1.26. The highest BCUT2D eigenvalue weighted by Gasteiger charge is 2.29. The summed E-state index contributed by atoms with van der Waals surface area (Å²) in [6, 6.07) is 27.6. The topological polar surface area (TPSA) is 44.9 Å². The predicted octanol–water partition coefficient (Wildman–Crippen LogP) is 11.0. The minimum Gasteiger partial charge on any atom is -0.457 e. The molecule has 5 heteroatoms. The predicted molar refractivity (Wildman–Crippen MR) is 190 cm³/mol. The maximum atomic E-state index is 6.57. The van der Waals surface area contributed by atoms with E-state index in [4.69, 9.17) is 14.8 Å². The van der Waals surface area contributed by atoms with E-state index in [1.54, 1.807) is 0 Å². The maximum Gasteiger partial charge on any atom is 0.137 e. The molecule has 3 aromatic carbocycles. The van der Waals surface area contributed by atoms with Gasteiger partial charge >= 0.3 is 0 Å². The highest BCUT2D eigenvalue weighted by atomic mass is 16.5. The first-order valence-corrected chi connectivity index (χ1v) is 16.7. The van der Waals surface area contributed by atoms with Crippen LogP contribution in [-0.4, -0.2) is 19.3 Å². The van der Waals surface area contributed by atoms with E-state index in [-0.39, 0.29) is 0 Å². The second-order valence-corrected chi connectivity index (χ2v) is 13.6. The Morgan fingerprint density at radius 3 is 2.41 bits per heavy atom. The lowest BCUT2D eigenvalue weighted by molar-refractivity contribution is 0.447. The number of ether oxygens (including phenoxy) is 1. The molecule has 0 spiro atoms. The molecule has 0 bridgehead atoms. The molecule has 0 saturated carbocycles. The van der Waals surface area contributed by atoms with Crippen molar-refractivity contribution >= 4 is 21.8 Å². The first-order valence-electron chi connectivity index (χ1n) is 16.7. The zero-order valence-electron chi connectivity index (χ0n) is 28.1. The Bertz CT molecular complexity index is 2100. The molecule has 0 aliphatic heterocycles. The molecule has 7 rings (SSSR count). The summed E-state index contributed by atoms with van der Waals surface area (Å²) in [5, 5.41) is 7.42. The van der Waals surface area contributed by atoms with Crippen LogP contribution in [0.1, 0.15) is 81.8 Å². The minimum atomic E-state index is 0.421. The van der Waals surface area contributed by atoms with Gasteiger partial charge in [0, 0.05) is 46.3 Å². The van der Waals surface area contributed by atoms with Crippen LogP contribution in [0.25, 0.3) is 33.3 Å². The van der Waals surface area contributed by atoms with Crippen molar-refractivity contribution in [1.82, 2.24) is 19.3 Å². The minimum absolute atomic E-state index is 0.421. The number of aryl methyl sites for hydroxylation is 1. The van der Waals surface area contributed by atoms with E-state index in [1.807, 2.05) is 12.3 Å². The number of para-hydroxylation sites is 1. The standard InChI is InChI=1S/C41H44N4O/c1-25(2)28(5)31-20-21-42-39(22-31)44-37-17-9-8-16-35(37)36-19-18-34(24-38(36)44)46-33-15-11-14-32(23-33)45-30(7)41(29(6)43-45)40-26(3)12-10-13-27(40)4/h8-9,11-12,14-25,27-28,40H,10,13H2,1-7H3/t27-,28?,40+/m0/s1. The molecule has 234 valence electrons. The van der Waals surface area contributed by atoms with E-state index in [9.17, 15) is 0 Å². The molecule has 1 aliphatic carbocycles. The van der Waals surface area contributed by atoms with Crippen molar-refractivity contribution in [3.05, 3.63) is 119 Å². The zero-order valence-corrected chi connectivity index (χ0v) is 28.1. The molecule has 0 amide bonds. The van der Waals surface area contributed by atoms with Crippen molar-refractivity contribution in [3.63, 3.8) is 0 Å². The van der Waals surface area contributed by atoms with Gasteiger partial charge in [-0.25, -0.2) is 9.67 Å². The van der Waals surface area contributed by atoms with Crippen molar-refractivity contribution < 1.29 is 4.74 Å². The van der Waals surface area contributed by atoms with Gasteiger partial charge in [-0.15, -0.1) is 0 Å². The van der Waals surface area contributed by atoms with Crippen molar-refractivity contribution in [2.24, 2.45) is 11.8 Å². The summed E-state index contributed by atoms with van der Waals surface area (Å²) in [4.78, 5) is 4.85. The fourth-order valence-electron chi connectivity index (χ4n) is 7.48. The Hall–Kier alpha value is -4.64. The quantitative estimate of drug-likeness (QED) is 0.169. The van der Waals surface area contributed by atoms with Gasteiger partial charge in [0.15, 0.2) is 0 Å². The lowest BCUT2D eigenvalue weighted by atomic mass is 9.75. The largest absolute Gasteiger partial charge is 0.457 e. The molecule has 5 nitrogen and oxygen atoms in total. The molecule has 0 saturated heterocycles. The summed E-state index contributed by atoms with van der Waals surface area (Å²) in [6.07, 6.45) is 6.73. The molecule has 3 atom stereocenters. The summed E-state index contributed by atoms with van der Waals surface area (Å²) in [6.45, 7) is 15.8. The highest BCUT2D eigenvalue weighted by molar-refractivity contribution is 6.09. The Morgan fingerprint density at radius 1 is 0.826 bits per heavy atom. The monoisotopic (exact) mass is 608 g/mol. The molecule has 0 radical (unpaired) electrons. The lowest BCUT2D eigenvalue weighted by Gasteiger charge is -2.29. The van der Waals surface area contributed by atoms with Crippen LogP contribution < -0.4 is 4.74 Å². The first kappa shape index (κ1) is 30.0. The van der Waals surface area contributed by atoms with Crippen molar-refractivity contribution in [2.75, 3.05) is 0 Å². The number of pyridine rings is 1. The number of hydrogen-bond acceptors (Lipinski definition) is 3. The van der Waals surface area contributed by atoms with Crippen LogP contribution in [0, 0.1) is 25.7 Å². The van der Waals surface area contributed by atoms with Gasteiger partial charge in [0.2, 0.25) is 0 Å². The molecular formula is C41H44N4O. The van der Waals surface area contributed by atoms with Gasteiger partial charge in [0.05, 0.1) is 22.4 Å². The van der Waals surface area contributed by atoms with Gasteiger partial charge in [-0.2, -0.15) is 5.10 Å². The average molecular weight is 609 g/mol. The summed E-state index contributed by atoms with van der Waals surface area (Å²) in [5.74, 6) is 4.49. The second-order valence-electron chi connectivity index (χ2n) is 13.6. The van der Waals surface area contributed by atoms with Crippen molar-refractivity contribution in [1.29, 1.82) is 0 Å². The van der Waals surface area contributed by atoms with E-state index in [0.717, 1.165) is 39.7 Å². The Kier molecular flexibility index (Phi) is 7.80. The highest BCUT2D eigenvalue weighted by Crippen LogP contribution is 2.42. The third-order valence-electron chi connectivity index (χ3n) is 10.3. The van der Waals surface area contributed by atoms with Gasteiger partial charge in [-0.3, -0.25) is 4.57 Å². The summed E-state index contributed by atoms with van der Waals surface area (Å²) in [5.41, 5.74) is 9.65. The molecule has 3 heterocycles. The summed E-state index contributed by atoms with van der Waals surface area (Å²) < 4.78 is 10.9. The van der Waals surface area contributed by atoms with Crippen LogP contribution in [0.5, 0.6) is 11.5 Å². The van der Waals surface area contributed by atoms with E-state index in [2.05, 4.69) is 137 Å². The first-order chi connectivity index (χ1) is 22.2. The fraction of sp³-hybridized carbons (Fsp3) is 0.317. The molecule has 3 aromatic heterocycles. The lowest BCUT2D eigenvalue weighted by Crippen LogP contribution is -2.16. The third kappa shape index (κ3) is 5.22. The molecule has 6 aromatic rings. The van der Waals surface area contributed by atoms with Crippen LogP contribution in [-0.2, 0) is 0 Å². The maximum absolute atomic E-state index is 6.57. The number of nitrogens with zero attached hydrogens (tertiary/aromatic N) is 4. The van der Waals surface area contributed by atoms with Crippen LogP contribution in [0.4, 0.5) is 0 Å². The van der Waals surface area contributed by atoms with E-state index < -0.39 is 0 Å². The fourth-order valence-corrected chi connectivity index (χ4v) is 7.48. The van der Waals surface area contributed by atoms with Gasteiger partial charge in [-0.1, -0.05) is 63.6 Å².